The molecule has 2 bridgehead atoms. The lowest BCUT2D eigenvalue weighted by atomic mass is 9.84. The normalized spacial score (nSPS) is 24.3. The Kier molecular flexibility index (Phi) is 5.65. The molecule has 154 valence electrons. The fourth-order valence-electron chi connectivity index (χ4n) is 4.79. The van der Waals surface area contributed by atoms with Gasteiger partial charge in [0.1, 0.15) is 17.4 Å². The second kappa shape index (κ2) is 8.20. The van der Waals surface area contributed by atoms with Gasteiger partial charge in [-0.2, -0.15) is 0 Å². The van der Waals surface area contributed by atoms with Crippen LogP contribution in [0.4, 0.5) is 0 Å². The van der Waals surface area contributed by atoms with Crippen LogP contribution in [-0.2, 0) is 13.0 Å². The summed E-state index contributed by atoms with van der Waals surface area (Å²) in [4.78, 5) is 25.6. The zero-order chi connectivity index (χ0) is 19.1. The first-order valence-corrected chi connectivity index (χ1v) is 10.2. The molecule has 3 aliphatic heterocycles. The average molecular weight is 416 g/mol. The van der Waals surface area contributed by atoms with Gasteiger partial charge in [0.2, 0.25) is 0 Å². The van der Waals surface area contributed by atoms with Gasteiger partial charge >= 0.3 is 0 Å². The van der Waals surface area contributed by atoms with Crippen LogP contribution in [0.5, 0.6) is 5.75 Å². The van der Waals surface area contributed by atoms with E-state index in [1.807, 2.05) is 28.8 Å². The van der Waals surface area contributed by atoms with E-state index in [1.54, 1.807) is 6.07 Å². The number of aryl methyl sites for hydroxylation is 1. The quantitative estimate of drug-likeness (QED) is 0.805. The van der Waals surface area contributed by atoms with E-state index in [0.29, 0.717) is 24.9 Å². The smallest absolute Gasteiger partial charge is 0.263 e. The third-order valence-corrected chi connectivity index (χ3v) is 6.25. The molecule has 1 fully saturated rings. The van der Waals surface area contributed by atoms with Crippen LogP contribution in [-0.4, -0.2) is 36.2 Å². The number of hydrogen-bond acceptors (Lipinski definition) is 4. The fraction of sp³-hybridized carbons (Fsp3) is 0.455. The van der Waals surface area contributed by atoms with E-state index < -0.39 is 0 Å². The van der Waals surface area contributed by atoms with Crippen LogP contribution >= 0.6 is 12.4 Å². The molecule has 6 nitrogen and oxygen atoms in total. The van der Waals surface area contributed by atoms with Crippen molar-refractivity contribution in [1.82, 2.24) is 15.2 Å². The molecule has 2 aromatic rings. The zero-order valence-electron chi connectivity index (χ0n) is 16.2. The van der Waals surface area contributed by atoms with Gasteiger partial charge in [-0.15, -0.1) is 12.4 Å². The highest BCUT2D eigenvalue weighted by atomic mass is 35.5. The molecule has 1 aromatic carbocycles. The number of amides is 1. The highest BCUT2D eigenvalue weighted by molar-refractivity contribution is 5.93. The number of aromatic nitrogens is 1. The molecule has 0 unspecified atom stereocenters. The topological polar surface area (TPSA) is 72.4 Å². The minimum Gasteiger partial charge on any atom is -0.488 e. The van der Waals surface area contributed by atoms with E-state index in [2.05, 4.69) is 16.7 Å². The molecule has 1 saturated heterocycles. The van der Waals surface area contributed by atoms with Gasteiger partial charge in [-0.05, 0) is 55.5 Å². The van der Waals surface area contributed by atoms with E-state index in [1.165, 1.54) is 5.56 Å². The Morgan fingerprint density at radius 2 is 2.07 bits per heavy atom. The molecule has 1 aromatic heterocycles. The number of para-hydroxylation sites is 1. The molecule has 4 heterocycles. The largest absolute Gasteiger partial charge is 0.488 e. The molecular weight excluding hydrogens is 390 g/mol. The number of halogens is 1. The summed E-state index contributed by atoms with van der Waals surface area (Å²) < 4.78 is 7.81. The maximum Gasteiger partial charge on any atom is 0.263 e. The molecule has 3 aliphatic rings. The summed E-state index contributed by atoms with van der Waals surface area (Å²) in [5, 5.41) is 6.35. The lowest BCUT2D eigenvalue weighted by molar-refractivity contribution is 0.0915. The Balaban J connectivity index is 0.00000205. The van der Waals surface area contributed by atoms with E-state index in [9.17, 15) is 9.59 Å². The summed E-state index contributed by atoms with van der Waals surface area (Å²) >= 11 is 0. The Morgan fingerprint density at radius 3 is 2.97 bits per heavy atom. The maximum atomic E-state index is 13.0. The van der Waals surface area contributed by atoms with Crippen molar-refractivity contribution >= 4 is 18.3 Å². The Labute approximate surface area is 176 Å². The lowest BCUT2D eigenvalue weighted by Crippen LogP contribution is -2.46. The van der Waals surface area contributed by atoms with Crippen molar-refractivity contribution in [3.05, 3.63) is 63.6 Å². The predicted molar refractivity (Wildman–Crippen MR) is 113 cm³/mol. The fourth-order valence-corrected chi connectivity index (χ4v) is 4.79. The van der Waals surface area contributed by atoms with Gasteiger partial charge in [-0.25, -0.2) is 0 Å². The van der Waals surface area contributed by atoms with Gasteiger partial charge in [0.15, 0.2) is 0 Å². The van der Waals surface area contributed by atoms with Gasteiger partial charge in [-0.3, -0.25) is 9.59 Å². The number of benzene rings is 1. The molecule has 2 N–H and O–H groups in total. The molecular formula is C22H26ClN3O3. The minimum atomic E-state index is -0.309. The number of piperidine rings is 1. The second-order valence-corrected chi connectivity index (χ2v) is 8.14. The molecule has 0 spiro atoms. The van der Waals surface area contributed by atoms with Gasteiger partial charge < -0.3 is 19.9 Å². The van der Waals surface area contributed by atoms with Crippen LogP contribution < -0.4 is 20.9 Å². The van der Waals surface area contributed by atoms with Gasteiger partial charge in [0, 0.05) is 24.7 Å². The molecule has 7 heteroatoms. The van der Waals surface area contributed by atoms with Crippen LogP contribution in [0.15, 0.2) is 41.2 Å². The Morgan fingerprint density at radius 1 is 1.21 bits per heavy atom. The number of hydrogen-bond donors (Lipinski definition) is 2. The van der Waals surface area contributed by atoms with E-state index in [0.717, 1.165) is 43.8 Å². The van der Waals surface area contributed by atoms with Gasteiger partial charge in [0.05, 0.1) is 6.54 Å². The summed E-state index contributed by atoms with van der Waals surface area (Å²) in [5.74, 6) is 1.42. The number of rotatable bonds is 3. The van der Waals surface area contributed by atoms with Crippen molar-refractivity contribution in [3.8, 4) is 5.75 Å². The van der Waals surface area contributed by atoms with Crippen LogP contribution in [0.1, 0.15) is 40.4 Å². The number of nitrogens with one attached hydrogen (secondary N) is 2. The SMILES string of the molecule is Cl.O=C(NC[C@H]1CCc2ccccc2O1)c1ccc2n(c1=O)C[C@@H]1CNC[C@H]2C1. The standard InChI is InChI=1S/C22H25N3O3.ClH/c26-21(24-12-17-6-5-15-3-1-2-4-20(15)28-17)18-7-8-19-16-9-14(10-23-11-16)13-25(19)22(18)27;/h1-4,7-8,14,16-17,23H,5-6,9-13H2,(H,24,26);1H/t14-,16+,17+;/m0./s1. The summed E-state index contributed by atoms with van der Waals surface area (Å²) in [6.45, 7) is 2.95. The van der Waals surface area contributed by atoms with Crippen molar-refractivity contribution in [1.29, 1.82) is 0 Å². The molecule has 0 aliphatic carbocycles. The second-order valence-electron chi connectivity index (χ2n) is 8.14. The van der Waals surface area contributed by atoms with E-state index >= 15 is 0 Å². The zero-order valence-corrected chi connectivity index (χ0v) is 17.0. The minimum absolute atomic E-state index is 0. The monoisotopic (exact) mass is 415 g/mol. The van der Waals surface area contributed by atoms with Gasteiger partial charge in [-0.1, -0.05) is 18.2 Å². The molecule has 0 radical (unpaired) electrons. The first kappa shape index (κ1) is 20.0. The number of ether oxygens (including phenoxy) is 1. The molecule has 5 rings (SSSR count). The summed E-state index contributed by atoms with van der Waals surface area (Å²) in [6.07, 6.45) is 2.86. The van der Waals surface area contributed by atoms with Gasteiger partial charge in [0.25, 0.3) is 11.5 Å². The Bertz CT molecular complexity index is 974. The number of fused-ring (bicyclic) bond motifs is 5. The van der Waals surface area contributed by atoms with Crippen LogP contribution in [0.2, 0.25) is 0 Å². The predicted octanol–water partition coefficient (Wildman–Crippen LogP) is 2.10. The lowest BCUT2D eigenvalue weighted by Gasteiger charge is -2.37. The van der Waals surface area contributed by atoms with Crippen molar-refractivity contribution < 1.29 is 9.53 Å². The van der Waals surface area contributed by atoms with E-state index in [-0.39, 0.29) is 35.5 Å². The molecule has 0 saturated carbocycles. The summed E-state index contributed by atoms with van der Waals surface area (Å²) in [5.41, 5.74) is 2.32. The van der Waals surface area contributed by atoms with Crippen molar-refractivity contribution in [3.63, 3.8) is 0 Å². The number of pyridine rings is 1. The third kappa shape index (κ3) is 3.79. The average Bonchev–Trinajstić information content (AvgIpc) is 2.73. The first-order valence-electron chi connectivity index (χ1n) is 10.2. The van der Waals surface area contributed by atoms with Crippen LogP contribution in [0, 0.1) is 5.92 Å². The highest BCUT2D eigenvalue weighted by Gasteiger charge is 2.32. The number of nitrogens with zero attached hydrogens (tertiary/aromatic N) is 1. The Hall–Kier alpha value is -2.31. The van der Waals surface area contributed by atoms with Crippen LogP contribution in [0.25, 0.3) is 0 Å². The van der Waals surface area contributed by atoms with Crippen molar-refractivity contribution in [2.45, 2.75) is 37.8 Å². The first-order chi connectivity index (χ1) is 13.7. The summed E-state index contributed by atoms with van der Waals surface area (Å²) in [6, 6.07) is 11.7. The van der Waals surface area contributed by atoms with Crippen molar-refractivity contribution in [2.75, 3.05) is 19.6 Å². The van der Waals surface area contributed by atoms with Crippen LogP contribution in [0.3, 0.4) is 0 Å². The highest BCUT2D eigenvalue weighted by Crippen LogP contribution is 2.31. The van der Waals surface area contributed by atoms with E-state index in [4.69, 9.17) is 4.74 Å². The molecule has 29 heavy (non-hydrogen) atoms. The summed E-state index contributed by atoms with van der Waals surface area (Å²) in [7, 11) is 0. The maximum absolute atomic E-state index is 13.0. The number of carbonyl (C=O) groups excluding carboxylic acids is 1. The molecule has 3 atom stereocenters. The van der Waals surface area contributed by atoms with Crippen molar-refractivity contribution in [2.24, 2.45) is 5.92 Å². The number of carbonyl (C=O) groups is 1. The third-order valence-electron chi connectivity index (χ3n) is 6.25. The molecule has 1 amide bonds.